The summed E-state index contributed by atoms with van der Waals surface area (Å²) in [6.45, 7) is 3.46. The van der Waals surface area contributed by atoms with Crippen molar-refractivity contribution >= 4 is 11.1 Å². The monoisotopic (exact) mass is 310 g/mol. The van der Waals surface area contributed by atoms with Gasteiger partial charge in [-0.2, -0.15) is 5.10 Å². The van der Waals surface area contributed by atoms with Crippen LogP contribution in [0.5, 0.6) is 0 Å². The maximum Gasteiger partial charge on any atom is 0.195 e. The number of nitrogens with one attached hydrogen (secondary N) is 1. The van der Waals surface area contributed by atoms with Crippen LogP contribution in [0.25, 0.3) is 11.1 Å². The van der Waals surface area contributed by atoms with Gasteiger partial charge in [0.2, 0.25) is 0 Å². The number of benzene rings is 1. The van der Waals surface area contributed by atoms with Crippen LogP contribution in [0.15, 0.2) is 41.1 Å². The van der Waals surface area contributed by atoms with E-state index in [2.05, 4.69) is 20.1 Å². The molecule has 0 radical (unpaired) electrons. The molecule has 3 heterocycles. The molecule has 0 atom stereocenters. The number of hydrogen-bond acceptors (Lipinski definition) is 4. The first-order valence-electron chi connectivity index (χ1n) is 8.44. The van der Waals surface area contributed by atoms with E-state index in [0.29, 0.717) is 5.92 Å². The molecule has 0 amide bonds. The van der Waals surface area contributed by atoms with Crippen molar-refractivity contribution in [3.8, 4) is 0 Å². The number of hydrogen-bond donors (Lipinski definition) is 1. The van der Waals surface area contributed by atoms with Crippen molar-refractivity contribution in [3.63, 3.8) is 0 Å². The van der Waals surface area contributed by atoms with Crippen molar-refractivity contribution in [2.45, 2.75) is 31.6 Å². The highest BCUT2D eigenvalue weighted by atomic mass is 16.3. The normalized spacial score (nSPS) is 17.0. The molecular weight excluding hydrogens is 288 g/mol. The first-order valence-corrected chi connectivity index (χ1v) is 8.44. The SMILES string of the molecule is c1ccc2oc(CCCN3CCC(c4cn[nH]c4)CC3)nc2c1. The minimum atomic E-state index is 0.669. The number of aromatic amines is 1. The van der Waals surface area contributed by atoms with Crippen LogP contribution in [-0.2, 0) is 6.42 Å². The van der Waals surface area contributed by atoms with Gasteiger partial charge in [-0.05, 0) is 62.5 Å². The quantitative estimate of drug-likeness (QED) is 0.785. The molecule has 23 heavy (non-hydrogen) atoms. The second kappa shape index (κ2) is 6.54. The Morgan fingerprint density at radius 1 is 1.22 bits per heavy atom. The van der Waals surface area contributed by atoms with Crippen LogP contribution < -0.4 is 0 Å². The Bertz CT molecular complexity index is 708. The van der Waals surface area contributed by atoms with Crippen LogP contribution in [0, 0.1) is 0 Å². The summed E-state index contributed by atoms with van der Waals surface area (Å²) < 4.78 is 5.78. The van der Waals surface area contributed by atoms with E-state index in [0.717, 1.165) is 36.4 Å². The van der Waals surface area contributed by atoms with E-state index in [4.69, 9.17) is 4.42 Å². The molecule has 120 valence electrons. The number of likely N-dealkylation sites (tertiary alicyclic amines) is 1. The van der Waals surface area contributed by atoms with Crippen LogP contribution >= 0.6 is 0 Å². The van der Waals surface area contributed by atoms with E-state index < -0.39 is 0 Å². The number of nitrogens with zero attached hydrogens (tertiary/aromatic N) is 3. The van der Waals surface area contributed by atoms with Gasteiger partial charge in [0.1, 0.15) is 5.52 Å². The van der Waals surface area contributed by atoms with Crippen molar-refractivity contribution in [3.05, 3.63) is 48.1 Å². The molecule has 1 aliphatic rings. The van der Waals surface area contributed by atoms with Crippen molar-refractivity contribution in [1.29, 1.82) is 0 Å². The van der Waals surface area contributed by atoms with Crippen molar-refractivity contribution in [1.82, 2.24) is 20.1 Å². The Kier molecular flexibility index (Phi) is 4.11. The second-order valence-electron chi connectivity index (χ2n) is 6.33. The largest absolute Gasteiger partial charge is 0.441 e. The van der Waals surface area contributed by atoms with Crippen molar-refractivity contribution in [2.75, 3.05) is 19.6 Å². The van der Waals surface area contributed by atoms with Gasteiger partial charge in [-0.25, -0.2) is 4.98 Å². The molecule has 1 fully saturated rings. The highest BCUT2D eigenvalue weighted by Gasteiger charge is 2.20. The Balaban J connectivity index is 1.24. The zero-order valence-corrected chi connectivity index (χ0v) is 13.2. The molecule has 0 bridgehead atoms. The van der Waals surface area contributed by atoms with Crippen LogP contribution in [0.3, 0.4) is 0 Å². The van der Waals surface area contributed by atoms with Crippen LogP contribution in [0.4, 0.5) is 0 Å². The summed E-state index contributed by atoms with van der Waals surface area (Å²) in [6.07, 6.45) is 8.46. The van der Waals surface area contributed by atoms with Crippen LogP contribution in [0.2, 0.25) is 0 Å². The molecule has 3 aromatic rings. The summed E-state index contributed by atoms with van der Waals surface area (Å²) in [6, 6.07) is 7.97. The summed E-state index contributed by atoms with van der Waals surface area (Å²) in [7, 11) is 0. The third-order valence-electron chi connectivity index (χ3n) is 4.78. The molecule has 0 saturated carbocycles. The lowest BCUT2D eigenvalue weighted by atomic mass is 9.91. The highest BCUT2D eigenvalue weighted by Crippen LogP contribution is 2.27. The fraction of sp³-hybridized carbons (Fsp3) is 0.444. The van der Waals surface area contributed by atoms with Gasteiger partial charge in [-0.1, -0.05) is 12.1 Å². The summed E-state index contributed by atoms with van der Waals surface area (Å²) >= 11 is 0. The van der Waals surface area contributed by atoms with E-state index >= 15 is 0 Å². The summed E-state index contributed by atoms with van der Waals surface area (Å²) in [5.74, 6) is 1.53. The van der Waals surface area contributed by atoms with E-state index in [1.807, 2.05) is 36.7 Å². The third-order valence-corrected chi connectivity index (χ3v) is 4.78. The number of aryl methyl sites for hydroxylation is 1. The smallest absolute Gasteiger partial charge is 0.195 e. The molecule has 2 aromatic heterocycles. The standard InChI is InChI=1S/C18H22N4O/c1-2-5-17-16(4-1)21-18(23-17)6-3-9-22-10-7-14(8-11-22)15-12-19-20-13-15/h1-2,4-5,12-14H,3,6-11H2,(H,19,20). The highest BCUT2D eigenvalue weighted by molar-refractivity contribution is 5.72. The molecule has 5 nitrogen and oxygen atoms in total. The minimum absolute atomic E-state index is 0.669. The number of aromatic nitrogens is 3. The van der Waals surface area contributed by atoms with Gasteiger partial charge in [0.05, 0.1) is 6.20 Å². The lowest BCUT2D eigenvalue weighted by molar-refractivity contribution is 0.209. The Hall–Kier alpha value is -2.14. The van der Waals surface area contributed by atoms with E-state index in [1.165, 1.54) is 31.5 Å². The van der Waals surface area contributed by atoms with Crippen molar-refractivity contribution < 1.29 is 4.42 Å². The van der Waals surface area contributed by atoms with Crippen molar-refractivity contribution in [2.24, 2.45) is 0 Å². The molecule has 1 N–H and O–H groups in total. The molecule has 0 unspecified atom stereocenters. The molecule has 4 rings (SSSR count). The van der Waals surface area contributed by atoms with Crippen LogP contribution in [0.1, 0.15) is 36.6 Å². The number of H-pyrrole nitrogens is 1. The zero-order chi connectivity index (χ0) is 15.5. The summed E-state index contributed by atoms with van der Waals surface area (Å²) in [4.78, 5) is 7.10. The topological polar surface area (TPSA) is 58.0 Å². The van der Waals surface area contributed by atoms with Gasteiger partial charge in [0, 0.05) is 12.6 Å². The van der Waals surface area contributed by atoms with Gasteiger partial charge in [0.15, 0.2) is 11.5 Å². The first kappa shape index (κ1) is 14.5. The number of piperidine rings is 1. The molecule has 5 heteroatoms. The predicted molar refractivity (Wildman–Crippen MR) is 89.3 cm³/mol. The van der Waals surface area contributed by atoms with E-state index in [9.17, 15) is 0 Å². The second-order valence-corrected chi connectivity index (χ2v) is 6.33. The zero-order valence-electron chi connectivity index (χ0n) is 13.2. The Morgan fingerprint density at radius 3 is 2.87 bits per heavy atom. The molecular formula is C18H22N4O. The Labute approximate surface area is 135 Å². The predicted octanol–water partition coefficient (Wildman–Crippen LogP) is 3.36. The van der Waals surface area contributed by atoms with E-state index in [1.54, 1.807) is 0 Å². The molecule has 1 aliphatic heterocycles. The van der Waals surface area contributed by atoms with E-state index in [-0.39, 0.29) is 0 Å². The fourth-order valence-electron chi connectivity index (χ4n) is 3.45. The third kappa shape index (κ3) is 3.29. The van der Waals surface area contributed by atoms with Crippen LogP contribution in [-0.4, -0.2) is 39.7 Å². The lowest BCUT2D eigenvalue weighted by Gasteiger charge is -2.31. The minimum Gasteiger partial charge on any atom is -0.441 e. The lowest BCUT2D eigenvalue weighted by Crippen LogP contribution is -2.33. The summed E-state index contributed by atoms with van der Waals surface area (Å²) in [5.41, 5.74) is 3.21. The first-order chi connectivity index (χ1) is 11.4. The summed E-state index contributed by atoms with van der Waals surface area (Å²) in [5, 5.41) is 6.98. The number of fused-ring (bicyclic) bond motifs is 1. The molecule has 1 aromatic carbocycles. The van der Waals surface area contributed by atoms with Gasteiger partial charge < -0.3 is 9.32 Å². The van der Waals surface area contributed by atoms with Gasteiger partial charge >= 0.3 is 0 Å². The molecule has 0 aliphatic carbocycles. The maximum absolute atomic E-state index is 5.78. The number of rotatable bonds is 5. The van der Waals surface area contributed by atoms with Gasteiger partial charge in [-0.15, -0.1) is 0 Å². The number of para-hydroxylation sites is 2. The van der Waals surface area contributed by atoms with Gasteiger partial charge in [-0.3, -0.25) is 5.10 Å². The fourth-order valence-corrected chi connectivity index (χ4v) is 3.45. The molecule has 0 spiro atoms. The Morgan fingerprint density at radius 2 is 2.09 bits per heavy atom. The molecule has 1 saturated heterocycles. The van der Waals surface area contributed by atoms with Gasteiger partial charge in [0.25, 0.3) is 0 Å². The average molecular weight is 310 g/mol. The maximum atomic E-state index is 5.78. The number of oxazole rings is 1. The average Bonchev–Trinajstić information content (AvgIpc) is 3.25.